The minimum Gasteiger partial charge on any atom is -0.356 e. The Labute approximate surface area is 153 Å². The van der Waals surface area contributed by atoms with Gasteiger partial charge in [-0.2, -0.15) is 0 Å². The van der Waals surface area contributed by atoms with E-state index < -0.39 is 0 Å². The number of nitrogens with one attached hydrogen (secondary N) is 2. The van der Waals surface area contributed by atoms with Crippen LogP contribution in [0.25, 0.3) is 0 Å². The Morgan fingerprint density at radius 3 is 1.28 bits per heavy atom. The van der Waals surface area contributed by atoms with Crippen molar-refractivity contribution >= 4 is 11.8 Å². The summed E-state index contributed by atoms with van der Waals surface area (Å²) in [6.45, 7) is 2.99. The highest BCUT2D eigenvalue weighted by molar-refractivity contribution is 5.78. The van der Waals surface area contributed by atoms with E-state index in [2.05, 4.69) is 10.6 Å². The molecule has 0 heterocycles. The molecule has 6 nitrogen and oxygen atoms in total. The van der Waals surface area contributed by atoms with Crippen molar-refractivity contribution in [3.8, 4) is 0 Å². The van der Waals surface area contributed by atoms with Crippen LogP contribution in [0.3, 0.4) is 0 Å². The van der Waals surface area contributed by atoms with E-state index in [1.54, 1.807) is 0 Å². The molecule has 0 spiro atoms. The second-order valence-electron chi connectivity index (χ2n) is 6.67. The molecule has 2 amide bonds. The summed E-state index contributed by atoms with van der Waals surface area (Å²) in [7, 11) is 0. The predicted octanol–water partition coefficient (Wildman–Crippen LogP) is 2.21. The Morgan fingerprint density at radius 2 is 0.880 bits per heavy atom. The van der Waals surface area contributed by atoms with Gasteiger partial charge in [0.05, 0.1) is 0 Å². The Morgan fingerprint density at radius 1 is 0.520 bits per heavy atom. The number of carbonyl (C=O) groups is 2. The summed E-state index contributed by atoms with van der Waals surface area (Å²) in [5.41, 5.74) is 10.9. The van der Waals surface area contributed by atoms with E-state index in [1.165, 1.54) is 25.7 Å². The fraction of sp³-hybridized carbons (Fsp3) is 0.895. The summed E-state index contributed by atoms with van der Waals surface area (Å²) in [6.07, 6.45) is 12.7. The predicted molar refractivity (Wildman–Crippen MR) is 104 cm³/mol. The van der Waals surface area contributed by atoms with Gasteiger partial charge in [0.1, 0.15) is 0 Å². The van der Waals surface area contributed by atoms with Gasteiger partial charge in [-0.15, -0.1) is 0 Å². The van der Waals surface area contributed by atoms with Crippen LogP contribution in [0.15, 0.2) is 0 Å². The third kappa shape index (κ3) is 19.0. The molecule has 0 aliphatic rings. The molecular weight excluding hydrogens is 316 g/mol. The second-order valence-corrected chi connectivity index (χ2v) is 6.67. The zero-order valence-corrected chi connectivity index (χ0v) is 16.0. The number of unbranched alkanes of at least 4 members (excludes halogenated alkanes) is 8. The minimum absolute atomic E-state index is 0.0506. The highest BCUT2D eigenvalue weighted by atomic mass is 16.2. The third-order valence-electron chi connectivity index (χ3n) is 4.21. The molecule has 0 saturated carbocycles. The number of hydrogen-bond acceptors (Lipinski definition) is 4. The fourth-order valence-electron chi connectivity index (χ4n) is 2.64. The van der Waals surface area contributed by atoms with E-state index in [0.717, 1.165) is 64.7 Å². The van der Waals surface area contributed by atoms with Gasteiger partial charge in [-0.3, -0.25) is 9.59 Å². The molecule has 6 heteroatoms. The van der Waals surface area contributed by atoms with Crippen LogP contribution in [0.2, 0.25) is 0 Å². The Balaban J connectivity index is 3.32. The van der Waals surface area contributed by atoms with Crippen molar-refractivity contribution < 1.29 is 9.59 Å². The first-order valence-corrected chi connectivity index (χ1v) is 10.1. The van der Waals surface area contributed by atoms with E-state index in [-0.39, 0.29) is 11.8 Å². The van der Waals surface area contributed by atoms with E-state index >= 15 is 0 Å². The molecule has 25 heavy (non-hydrogen) atoms. The first-order valence-electron chi connectivity index (χ1n) is 10.1. The first-order chi connectivity index (χ1) is 12.2. The Hall–Kier alpha value is -1.14. The fourth-order valence-corrected chi connectivity index (χ4v) is 2.64. The van der Waals surface area contributed by atoms with Crippen LogP contribution in [0.5, 0.6) is 0 Å². The first kappa shape index (κ1) is 23.9. The lowest BCUT2D eigenvalue weighted by atomic mass is 10.1. The summed E-state index contributed by atoms with van der Waals surface area (Å²) in [4.78, 5) is 23.4. The molecule has 0 aromatic carbocycles. The molecule has 0 saturated heterocycles. The number of nitrogens with two attached hydrogens (primary N) is 2. The molecule has 6 N–H and O–H groups in total. The van der Waals surface area contributed by atoms with Crippen molar-refractivity contribution in [3.63, 3.8) is 0 Å². The van der Waals surface area contributed by atoms with Gasteiger partial charge in [-0.25, -0.2) is 0 Å². The number of carbonyl (C=O) groups excluding carboxylic acids is 2. The largest absolute Gasteiger partial charge is 0.356 e. The molecule has 0 bridgehead atoms. The van der Waals surface area contributed by atoms with Crippen molar-refractivity contribution in [3.05, 3.63) is 0 Å². The minimum atomic E-state index is 0.0506. The molecule has 0 aromatic rings. The lowest BCUT2D eigenvalue weighted by Gasteiger charge is -2.06. The van der Waals surface area contributed by atoms with Crippen molar-refractivity contribution in [2.45, 2.75) is 83.5 Å². The quantitative estimate of drug-likeness (QED) is 0.282. The van der Waals surface area contributed by atoms with Crippen LogP contribution in [0.1, 0.15) is 83.5 Å². The van der Waals surface area contributed by atoms with Gasteiger partial charge >= 0.3 is 0 Å². The Kier molecular flexibility index (Phi) is 18.3. The normalized spacial score (nSPS) is 10.6. The van der Waals surface area contributed by atoms with Gasteiger partial charge in [0.15, 0.2) is 0 Å². The molecule has 0 fully saturated rings. The van der Waals surface area contributed by atoms with Crippen molar-refractivity contribution in [2.75, 3.05) is 26.2 Å². The van der Waals surface area contributed by atoms with Crippen molar-refractivity contribution in [1.29, 1.82) is 0 Å². The van der Waals surface area contributed by atoms with Gasteiger partial charge in [-0.05, 0) is 45.2 Å². The zero-order chi connectivity index (χ0) is 18.6. The Bertz CT molecular complexity index is 295. The molecular formula is C19H40N4O2. The smallest absolute Gasteiger partial charge is 0.220 e. The van der Waals surface area contributed by atoms with E-state index in [1.807, 2.05) is 0 Å². The number of amides is 2. The molecule has 0 aliphatic heterocycles. The topological polar surface area (TPSA) is 110 Å². The number of rotatable bonds is 18. The van der Waals surface area contributed by atoms with Crippen molar-refractivity contribution in [2.24, 2.45) is 11.5 Å². The molecule has 0 unspecified atom stereocenters. The average Bonchev–Trinajstić information content (AvgIpc) is 2.60. The second kappa shape index (κ2) is 19.2. The maximum absolute atomic E-state index is 11.7. The van der Waals surface area contributed by atoms with Crippen LogP contribution >= 0.6 is 0 Å². The summed E-state index contributed by atoms with van der Waals surface area (Å²) in [6, 6.07) is 0. The molecule has 0 aromatic heterocycles. The zero-order valence-electron chi connectivity index (χ0n) is 16.0. The van der Waals surface area contributed by atoms with Crippen LogP contribution < -0.4 is 22.1 Å². The van der Waals surface area contributed by atoms with E-state index in [4.69, 9.17) is 11.5 Å². The van der Waals surface area contributed by atoms with Gasteiger partial charge < -0.3 is 22.1 Å². The van der Waals surface area contributed by atoms with Crippen LogP contribution in [-0.2, 0) is 9.59 Å². The molecule has 0 atom stereocenters. The maximum Gasteiger partial charge on any atom is 0.220 e. The van der Waals surface area contributed by atoms with Crippen LogP contribution in [0.4, 0.5) is 0 Å². The van der Waals surface area contributed by atoms with Crippen molar-refractivity contribution in [1.82, 2.24) is 10.6 Å². The molecule has 148 valence electrons. The third-order valence-corrected chi connectivity index (χ3v) is 4.21. The SMILES string of the molecule is NCCCCCCCNC(=O)CCCC(=O)NCCCCCCCN. The summed E-state index contributed by atoms with van der Waals surface area (Å²) in [5.74, 6) is 0.101. The van der Waals surface area contributed by atoms with E-state index in [0.29, 0.717) is 19.3 Å². The monoisotopic (exact) mass is 356 g/mol. The highest BCUT2D eigenvalue weighted by Crippen LogP contribution is 2.03. The van der Waals surface area contributed by atoms with Gasteiger partial charge in [0.2, 0.25) is 11.8 Å². The lowest BCUT2D eigenvalue weighted by Crippen LogP contribution is -2.26. The molecule has 0 rings (SSSR count). The lowest BCUT2D eigenvalue weighted by molar-refractivity contribution is -0.122. The molecule has 0 radical (unpaired) electrons. The maximum atomic E-state index is 11.7. The molecule has 0 aliphatic carbocycles. The standard InChI is InChI=1S/C19H40N4O2/c20-14-7-3-1-5-9-16-22-18(24)12-11-13-19(25)23-17-10-6-2-4-8-15-21/h1-17,20-21H2,(H,22,24)(H,23,25). The summed E-state index contributed by atoms with van der Waals surface area (Å²) in [5, 5.41) is 5.84. The average molecular weight is 357 g/mol. The van der Waals surface area contributed by atoms with Crippen LogP contribution in [-0.4, -0.2) is 38.0 Å². The van der Waals surface area contributed by atoms with Gasteiger partial charge in [0, 0.05) is 25.9 Å². The highest BCUT2D eigenvalue weighted by Gasteiger charge is 2.04. The van der Waals surface area contributed by atoms with E-state index in [9.17, 15) is 9.59 Å². The van der Waals surface area contributed by atoms with Gasteiger partial charge in [-0.1, -0.05) is 38.5 Å². The summed E-state index contributed by atoms with van der Waals surface area (Å²) < 4.78 is 0. The number of hydrogen-bond donors (Lipinski definition) is 4. The summed E-state index contributed by atoms with van der Waals surface area (Å²) >= 11 is 0. The van der Waals surface area contributed by atoms with Crippen LogP contribution in [0, 0.1) is 0 Å². The van der Waals surface area contributed by atoms with Gasteiger partial charge in [0.25, 0.3) is 0 Å².